The zero-order valence-electron chi connectivity index (χ0n) is 10.4. The fourth-order valence-corrected chi connectivity index (χ4v) is 3.47. The van der Waals surface area contributed by atoms with Gasteiger partial charge in [-0.1, -0.05) is 35.7 Å². The largest absolute Gasteiger partial charge is 0.312 e. The molecule has 0 amide bonds. The van der Waals surface area contributed by atoms with Gasteiger partial charge in [-0.2, -0.15) is 0 Å². The van der Waals surface area contributed by atoms with Crippen LogP contribution in [0.15, 0.2) is 22.7 Å². The van der Waals surface area contributed by atoms with Crippen molar-refractivity contribution in [2.45, 2.75) is 38.6 Å². The van der Waals surface area contributed by atoms with Crippen LogP contribution in [0.4, 0.5) is 4.39 Å². The minimum absolute atomic E-state index is 0.0995. The van der Waals surface area contributed by atoms with Crippen molar-refractivity contribution in [3.8, 4) is 0 Å². The summed E-state index contributed by atoms with van der Waals surface area (Å²) in [6.45, 7) is 2.27. The van der Waals surface area contributed by atoms with E-state index in [-0.39, 0.29) is 17.3 Å². The summed E-state index contributed by atoms with van der Waals surface area (Å²) < 4.78 is 14.9. The van der Waals surface area contributed by atoms with Gasteiger partial charge in [0.25, 0.3) is 0 Å². The van der Waals surface area contributed by atoms with Crippen LogP contribution in [-0.4, -0.2) is 7.05 Å². The lowest BCUT2D eigenvalue weighted by molar-refractivity contribution is 0.229. The highest BCUT2D eigenvalue weighted by Crippen LogP contribution is 2.47. The van der Waals surface area contributed by atoms with Crippen LogP contribution in [0.2, 0.25) is 0 Å². The predicted octanol–water partition coefficient (Wildman–Crippen LogP) is 4.43. The standard InChI is InChI=1S/C14H19BrFN/c1-14(7-3-4-8-14)13(17-2)11-9-10(15)5-6-12(11)16/h5-6,9,13,17H,3-4,7-8H2,1-2H3. The highest BCUT2D eigenvalue weighted by Gasteiger charge is 2.38. The lowest BCUT2D eigenvalue weighted by atomic mass is 9.77. The Morgan fingerprint density at radius 3 is 2.59 bits per heavy atom. The second-order valence-electron chi connectivity index (χ2n) is 5.25. The minimum atomic E-state index is -0.110. The number of nitrogens with one attached hydrogen (secondary N) is 1. The third-order valence-electron chi connectivity index (χ3n) is 4.00. The minimum Gasteiger partial charge on any atom is -0.312 e. The Labute approximate surface area is 111 Å². The summed E-state index contributed by atoms with van der Waals surface area (Å²) in [4.78, 5) is 0. The molecule has 1 nitrogen and oxygen atoms in total. The normalized spacial score (nSPS) is 20.5. The molecule has 0 saturated heterocycles. The van der Waals surface area contributed by atoms with Crippen LogP contribution in [0.25, 0.3) is 0 Å². The average molecular weight is 300 g/mol. The lowest BCUT2D eigenvalue weighted by Gasteiger charge is -2.34. The molecule has 0 aliphatic heterocycles. The number of halogens is 2. The Hall–Kier alpha value is -0.410. The van der Waals surface area contributed by atoms with Crippen molar-refractivity contribution in [1.82, 2.24) is 5.32 Å². The van der Waals surface area contributed by atoms with Crippen molar-refractivity contribution in [1.29, 1.82) is 0 Å². The summed E-state index contributed by atoms with van der Waals surface area (Å²) >= 11 is 3.43. The van der Waals surface area contributed by atoms with Gasteiger partial charge in [-0.25, -0.2) is 4.39 Å². The predicted molar refractivity (Wildman–Crippen MR) is 72.5 cm³/mol. The second kappa shape index (κ2) is 5.07. The Balaban J connectivity index is 2.37. The smallest absolute Gasteiger partial charge is 0.128 e. The molecule has 1 aliphatic carbocycles. The first kappa shape index (κ1) is 13.0. The monoisotopic (exact) mass is 299 g/mol. The molecule has 0 radical (unpaired) electrons. The van der Waals surface area contributed by atoms with E-state index in [4.69, 9.17) is 0 Å². The SMILES string of the molecule is CNC(c1cc(Br)ccc1F)C1(C)CCCC1. The van der Waals surface area contributed by atoms with E-state index in [1.807, 2.05) is 13.1 Å². The first-order chi connectivity index (χ1) is 8.07. The van der Waals surface area contributed by atoms with Crippen LogP contribution in [0.5, 0.6) is 0 Å². The highest BCUT2D eigenvalue weighted by atomic mass is 79.9. The molecule has 17 heavy (non-hydrogen) atoms. The molecule has 1 saturated carbocycles. The van der Waals surface area contributed by atoms with E-state index < -0.39 is 0 Å². The second-order valence-corrected chi connectivity index (χ2v) is 6.16. The maximum Gasteiger partial charge on any atom is 0.128 e. The topological polar surface area (TPSA) is 12.0 Å². The van der Waals surface area contributed by atoms with Crippen LogP contribution >= 0.6 is 15.9 Å². The third kappa shape index (κ3) is 2.55. The zero-order chi connectivity index (χ0) is 12.5. The molecule has 94 valence electrons. The number of hydrogen-bond acceptors (Lipinski definition) is 1. The number of benzene rings is 1. The van der Waals surface area contributed by atoms with Crippen molar-refractivity contribution in [3.05, 3.63) is 34.1 Å². The van der Waals surface area contributed by atoms with Crippen molar-refractivity contribution in [2.24, 2.45) is 5.41 Å². The quantitative estimate of drug-likeness (QED) is 0.871. The molecule has 0 spiro atoms. The van der Waals surface area contributed by atoms with Gasteiger partial charge in [-0.05, 0) is 43.5 Å². The molecule has 2 rings (SSSR count). The maximum atomic E-state index is 14.0. The van der Waals surface area contributed by atoms with Gasteiger partial charge in [-0.15, -0.1) is 0 Å². The van der Waals surface area contributed by atoms with Gasteiger partial charge in [0.05, 0.1) is 0 Å². The molecule has 1 aromatic rings. The molecule has 0 heterocycles. The summed E-state index contributed by atoms with van der Waals surface area (Å²) in [5.74, 6) is -0.110. The summed E-state index contributed by atoms with van der Waals surface area (Å²) in [5, 5.41) is 3.31. The summed E-state index contributed by atoms with van der Waals surface area (Å²) in [7, 11) is 1.93. The van der Waals surface area contributed by atoms with Crippen molar-refractivity contribution >= 4 is 15.9 Å². The highest BCUT2D eigenvalue weighted by molar-refractivity contribution is 9.10. The molecule has 1 unspecified atom stereocenters. The van der Waals surface area contributed by atoms with E-state index in [0.29, 0.717) is 0 Å². The first-order valence-electron chi connectivity index (χ1n) is 6.19. The molecule has 1 aliphatic rings. The molecule has 1 aromatic carbocycles. The molecule has 1 atom stereocenters. The van der Waals surface area contributed by atoms with E-state index in [0.717, 1.165) is 10.0 Å². The van der Waals surface area contributed by atoms with E-state index in [2.05, 4.69) is 28.2 Å². The van der Waals surface area contributed by atoms with Crippen LogP contribution < -0.4 is 5.32 Å². The fourth-order valence-electron chi connectivity index (χ4n) is 3.09. The van der Waals surface area contributed by atoms with Gasteiger partial charge in [0.1, 0.15) is 5.82 Å². The van der Waals surface area contributed by atoms with E-state index in [1.165, 1.54) is 25.7 Å². The summed E-state index contributed by atoms with van der Waals surface area (Å²) in [6, 6.07) is 5.30. The van der Waals surface area contributed by atoms with Gasteiger partial charge in [0.15, 0.2) is 0 Å². The van der Waals surface area contributed by atoms with Crippen LogP contribution in [-0.2, 0) is 0 Å². The Bertz CT molecular complexity index is 399. The first-order valence-corrected chi connectivity index (χ1v) is 6.98. The number of rotatable bonds is 3. The zero-order valence-corrected chi connectivity index (χ0v) is 12.0. The molecule has 0 bridgehead atoms. The van der Waals surface area contributed by atoms with E-state index in [9.17, 15) is 4.39 Å². The summed E-state index contributed by atoms with van der Waals surface area (Å²) in [6.07, 6.45) is 4.85. The Morgan fingerprint density at radius 1 is 1.35 bits per heavy atom. The Morgan fingerprint density at radius 2 is 2.00 bits per heavy atom. The maximum absolute atomic E-state index is 14.0. The molecule has 0 aromatic heterocycles. The van der Waals surface area contributed by atoms with Crippen LogP contribution in [0.3, 0.4) is 0 Å². The van der Waals surface area contributed by atoms with Gasteiger partial charge in [0.2, 0.25) is 0 Å². The molecular weight excluding hydrogens is 281 g/mol. The van der Waals surface area contributed by atoms with E-state index in [1.54, 1.807) is 12.1 Å². The van der Waals surface area contributed by atoms with Gasteiger partial charge in [-0.3, -0.25) is 0 Å². The van der Waals surface area contributed by atoms with E-state index >= 15 is 0 Å². The Kier molecular flexibility index (Phi) is 3.88. The number of hydrogen-bond donors (Lipinski definition) is 1. The lowest BCUT2D eigenvalue weighted by Crippen LogP contribution is -2.32. The van der Waals surface area contributed by atoms with Crippen LogP contribution in [0.1, 0.15) is 44.2 Å². The summed E-state index contributed by atoms with van der Waals surface area (Å²) in [5.41, 5.74) is 0.961. The third-order valence-corrected chi connectivity index (χ3v) is 4.49. The molecule has 3 heteroatoms. The van der Waals surface area contributed by atoms with Gasteiger partial charge in [0, 0.05) is 16.1 Å². The van der Waals surface area contributed by atoms with Crippen molar-refractivity contribution in [2.75, 3.05) is 7.05 Å². The molecule has 1 N–H and O–H groups in total. The van der Waals surface area contributed by atoms with Crippen LogP contribution in [0, 0.1) is 11.2 Å². The van der Waals surface area contributed by atoms with Gasteiger partial charge >= 0.3 is 0 Å². The molecular formula is C14H19BrFN. The average Bonchev–Trinajstić information content (AvgIpc) is 2.72. The molecule has 1 fully saturated rings. The van der Waals surface area contributed by atoms with Crippen molar-refractivity contribution < 1.29 is 4.39 Å². The fraction of sp³-hybridized carbons (Fsp3) is 0.571. The van der Waals surface area contributed by atoms with Crippen molar-refractivity contribution in [3.63, 3.8) is 0 Å². The van der Waals surface area contributed by atoms with Gasteiger partial charge < -0.3 is 5.32 Å².